The number of aliphatic imine (C=N–C) groups is 1. The fourth-order valence-corrected chi connectivity index (χ4v) is 3.35. The summed E-state index contributed by atoms with van der Waals surface area (Å²) < 4.78 is 5.17. The largest absolute Gasteiger partial charge is 0.361 e. The Hall–Kier alpha value is -2.14. The van der Waals surface area contributed by atoms with Gasteiger partial charge in [0.25, 0.3) is 0 Å². The summed E-state index contributed by atoms with van der Waals surface area (Å²) >= 11 is 0. The molecular weight excluding hydrogens is 507 g/mol. The van der Waals surface area contributed by atoms with Gasteiger partial charge in [-0.25, -0.2) is 4.99 Å². The number of benzene rings is 1. The van der Waals surface area contributed by atoms with Crippen LogP contribution in [0.25, 0.3) is 0 Å². The fraction of sp³-hybridized carbons (Fsp3) is 0.500. The third-order valence-corrected chi connectivity index (χ3v) is 5.14. The number of hydrogen-bond acceptors (Lipinski definition) is 5. The minimum atomic E-state index is -0.00241. The van der Waals surface area contributed by atoms with Gasteiger partial charge in [0, 0.05) is 59.4 Å². The van der Waals surface area contributed by atoms with Crippen LogP contribution in [0.1, 0.15) is 17.0 Å². The lowest BCUT2D eigenvalue weighted by Crippen LogP contribution is -2.52. The molecule has 0 radical (unpaired) electrons. The molecule has 0 bridgehead atoms. The summed E-state index contributed by atoms with van der Waals surface area (Å²) in [6, 6.07) is 12.4. The molecule has 2 aromatic rings. The van der Waals surface area contributed by atoms with Crippen LogP contribution in [0.15, 0.2) is 45.9 Å². The Balaban J connectivity index is 0.00000341. The summed E-state index contributed by atoms with van der Waals surface area (Å²) in [4.78, 5) is 22.8. The number of carbonyl (C=O) groups is 1. The Morgan fingerprint density at radius 1 is 1.19 bits per heavy atom. The van der Waals surface area contributed by atoms with Crippen LogP contribution in [0.5, 0.6) is 0 Å². The van der Waals surface area contributed by atoms with Crippen LogP contribution >= 0.6 is 24.0 Å². The average molecular weight is 540 g/mol. The quantitative estimate of drug-likeness (QED) is 0.329. The third-order valence-electron chi connectivity index (χ3n) is 5.14. The molecule has 0 aliphatic carbocycles. The Bertz CT molecular complexity index is 832. The Labute approximate surface area is 201 Å². The lowest BCUT2D eigenvalue weighted by molar-refractivity contribution is -0.127. The van der Waals surface area contributed by atoms with Crippen molar-refractivity contribution in [3.8, 4) is 0 Å². The Morgan fingerprint density at radius 3 is 2.52 bits per heavy atom. The molecule has 1 aliphatic heterocycles. The second-order valence-electron chi connectivity index (χ2n) is 7.78. The van der Waals surface area contributed by atoms with E-state index >= 15 is 0 Å². The van der Waals surface area contributed by atoms with Crippen molar-refractivity contribution in [1.82, 2.24) is 25.2 Å². The first-order valence-corrected chi connectivity index (χ1v) is 10.4. The first-order valence-electron chi connectivity index (χ1n) is 10.4. The Kier molecular flexibility index (Phi) is 10.3. The third kappa shape index (κ3) is 8.13. The highest BCUT2D eigenvalue weighted by Gasteiger charge is 2.21. The van der Waals surface area contributed by atoms with Crippen LogP contribution in [0.4, 0.5) is 0 Å². The fourth-order valence-electron chi connectivity index (χ4n) is 3.35. The second-order valence-corrected chi connectivity index (χ2v) is 7.78. The monoisotopic (exact) mass is 540 g/mol. The molecule has 1 amide bonds. The van der Waals surface area contributed by atoms with Crippen molar-refractivity contribution in [3.63, 3.8) is 0 Å². The molecule has 1 aromatic heterocycles. The second kappa shape index (κ2) is 12.7. The maximum atomic E-state index is 12.0. The zero-order chi connectivity index (χ0) is 21.3. The summed E-state index contributed by atoms with van der Waals surface area (Å²) in [5.74, 6) is 1.64. The number of aromatic nitrogens is 1. The highest BCUT2D eigenvalue weighted by molar-refractivity contribution is 14.0. The van der Waals surface area contributed by atoms with Crippen LogP contribution in [0, 0.1) is 6.92 Å². The number of piperazine rings is 1. The molecule has 1 saturated heterocycles. The first kappa shape index (κ1) is 25.1. The van der Waals surface area contributed by atoms with Gasteiger partial charge in [0.1, 0.15) is 12.3 Å². The molecule has 0 saturated carbocycles. The van der Waals surface area contributed by atoms with E-state index in [2.05, 4.69) is 49.5 Å². The number of nitrogens with one attached hydrogen (secondary N) is 1. The number of halogens is 1. The van der Waals surface area contributed by atoms with Crippen molar-refractivity contribution < 1.29 is 9.32 Å². The van der Waals surface area contributed by atoms with E-state index in [1.165, 1.54) is 5.56 Å². The number of likely N-dealkylation sites (N-methyl/N-ethyl adjacent to an activating group) is 1. The Morgan fingerprint density at radius 2 is 1.90 bits per heavy atom. The summed E-state index contributed by atoms with van der Waals surface area (Å²) in [5.41, 5.74) is 2.24. The van der Waals surface area contributed by atoms with Gasteiger partial charge in [-0.05, 0) is 18.9 Å². The van der Waals surface area contributed by atoms with Crippen molar-refractivity contribution >= 4 is 35.8 Å². The van der Waals surface area contributed by atoms with Gasteiger partial charge < -0.3 is 19.6 Å². The van der Waals surface area contributed by atoms with Crippen molar-refractivity contribution in [2.75, 3.05) is 53.4 Å². The van der Waals surface area contributed by atoms with Crippen molar-refractivity contribution in [3.05, 3.63) is 53.4 Å². The lowest BCUT2D eigenvalue weighted by Gasteiger charge is -2.36. The highest BCUT2D eigenvalue weighted by Crippen LogP contribution is 2.09. The molecule has 2 heterocycles. The maximum absolute atomic E-state index is 12.0. The average Bonchev–Trinajstić information content (AvgIpc) is 3.16. The summed E-state index contributed by atoms with van der Waals surface area (Å²) in [6.07, 6.45) is 0.910. The predicted molar refractivity (Wildman–Crippen MR) is 133 cm³/mol. The van der Waals surface area contributed by atoms with Crippen molar-refractivity contribution in [2.45, 2.75) is 19.9 Å². The molecule has 1 N–H and O–H groups in total. The number of guanidine groups is 1. The molecule has 0 spiro atoms. The number of carbonyl (C=O) groups excluding carboxylic acids is 1. The number of nitrogens with zero attached hydrogens (tertiary/aromatic N) is 5. The summed E-state index contributed by atoms with van der Waals surface area (Å²) in [6.45, 7) is 7.15. The van der Waals surface area contributed by atoms with Crippen LogP contribution in [0.3, 0.4) is 0 Å². The topological polar surface area (TPSA) is 77.2 Å². The number of hydrogen-bond donors (Lipinski definition) is 1. The van der Waals surface area contributed by atoms with Gasteiger partial charge in [0.15, 0.2) is 5.96 Å². The lowest BCUT2D eigenvalue weighted by atomic mass is 10.1. The molecule has 0 unspecified atom stereocenters. The van der Waals surface area contributed by atoms with E-state index in [1.54, 1.807) is 19.0 Å². The molecule has 1 aromatic carbocycles. The van der Waals surface area contributed by atoms with Crippen LogP contribution < -0.4 is 5.32 Å². The zero-order valence-electron chi connectivity index (χ0n) is 18.6. The minimum absolute atomic E-state index is 0. The van der Waals surface area contributed by atoms with Crippen LogP contribution in [-0.4, -0.2) is 85.1 Å². The van der Waals surface area contributed by atoms with E-state index < -0.39 is 0 Å². The zero-order valence-corrected chi connectivity index (χ0v) is 20.9. The number of amides is 1. The van der Waals surface area contributed by atoms with E-state index in [0.29, 0.717) is 0 Å². The van der Waals surface area contributed by atoms with Gasteiger partial charge in [-0.2, -0.15) is 0 Å². The molecule has 3 rings (SSSR count). The molecule has 1 fully saturated rings. The molecule has 9 heteroatoms. The van der Waals surface area contributed by atoms with E-state index in [0.717, 1.165) is 63.1 Å². The molecule has 1 aliphatic rings. The van der Waals surface area contributed by atoms with Crippen LogP contribution in [0.2, 0.25) is 0 Å². The minimum Gasteiger partial charge on any atom is -0.361 e. The number of rotatable bonds is 7. The van der Waals surface area contributed by atoms with Gasteiger partial charge in [-0.15, -0.1) is 24.0 Å². The first-order chi connectivity index (χ1) is 14.5. The maximum Gasteiger partial charge on any atom is 0.243 e. The standard InChI is InChI=1S/C22H32N6O2.HI/c1-18-15-20(25-30-18)17-27-11-13-28(14-12-27)22(24-16-21(29)26(2)3)23-10-9-19-7-5-4-6-8-19;/h4-8,15H,9-14,16-17H2,1-3H3,(H,23,24);1H. The van der Waals surface area contributed by atoms with Crippen LogP contribution in [-0.2, 0) is 17.8 Å². The van der Waals surface area contributed by atoms with Gasteiger partial charge in [-0.1, -0.05) is 35.5 Å². The van der Waals surface area contributed by atoms with Crippen molar-refractivity contribution in [2.24, 2.45) is 4.99 Å². The van der Waals surface area contributed by atoms with E-state index in [1.807, 2.05) is 19.1 Å². The normalized spacial score (nSPS) is 14.8. The van der Waals surface area contributed by atoms with E-state index in [9.17, 15) is 4.79 Å². The van der Waals surface area contributed by atoms with E-state index in [-0.39, 0.29) is 36.4 Å². The van der Waals surface area contributed by atoms with Crippen molar-refractivity contribution in [1.29, 1.82) is 0 Å². The predicted octanol–water partition coefficient (Wildman–Crippen LogP) is 2.00. The van der Waals surface area contributed by atoms with E-state index in [4.69, 9.17) is 4.52 Å². The number of aryl methyl sites for hydroxylation is 1. The highest BCUT2D eigenvalue weighted by atomic mass is 127. The molecule has 8 nitrogen and oxygen atoms in total. The van der Waals surface area contributed by atoms with Gasteiger partial charge in [0.05, 0.1) is 5.69 Å². The summed E-state index contributed by atoms with van der Waals surface area (Å²) in [7, 11) is 3.51. The SMILES string of the molecule is Cc1cc(CN2CCN(C(=NCC(=O)N(C)C)NCCc3ccccc3)CC2)no1.I. The smallest absolute Gasteiger partial charge is 0.243 e. The molecule has 31 heavy (non-hydrogen) atoms. The van der Waals surface area contributed by atoms with Gasteiger partial charge >= 0.3 is 0 Å². The molecular formula is C22H33IN6O2. The van der Waals surface area contributed by atoms with Gasteiger partial charge in [-0.3, -0.25) is 9.69 Å². The molecule has 0 atom stereocenters. The molecule has 170 valence electrons. The van der Waals surface area contributed by atoms with Gasteiger partial charge in [0.2, 0.25) is 5.91 Å². The summed E-state index contributed by atoms with van der Waals surface area (Å²) in [5, 5.41) is 7.55.